The molecule has 0 aliphatic carbocycles. The van der Waals surface area contributed by atoms with E-state index in [0.29, 0.717) is 31.1 Å². The molecule has 1 N–H and O–H groups in total. The molecule has 0 bridgehead atoms. The van der Waals surface area contributed by atoms with Crippen LogP contribution in [-0.4, -0.2) is 29.7 Å². The molecule has 0 saturated heterocycles. The molecule has 140 valence electrons. The molecule has 1 amide bonds. The Balaban J connectivity index is 1.42. The third-order valence-corrected chi connectivity index (χ3v) is 4.21. The zero-order chi connectivity index (χ0) is 19.1. The molecular weight excluding hydrogens is 342 g/mol. The highest BCUT2D eigenvalue weighted by Gasteiger charge is 2.10. The van der Waals surface area contributed by atoms with Gasteiger partial charge in [0, 0.05) is 24.9 Å². The van der Waals surface area contributed by atoms with Gasteiger partial charge in [-0.25, -0.2) is 0 Å². The zero-order valence-electron chi connectivity index (χ0n) is 15.6. The number of carbonyl (C=O) groups excluding carboxylic acids is 1. The molecule has 1 aromatic heterocycles. The molecule has 0 fully saturated rings. The van der Waals surface area contributed by atoms with E-state index in [-0.39, 0.29) is 5.91 Å². The van der Waals surface area contributed by atoms with Crippen molar-refractivity contribution < 1.29 is 14.1 Å². The molecule has 6 nitrogen and oxygen atoms in total. The number of hydrogen-bond acceptors (Lipinski definition) is 5. The third-order valence-electron chi connectivity index (χ3n) is 4.21. The van der Waals surface area contributed by atoms with Gasteiger partial charge in [-0.3, -0.25) is 4.79 Å². The van der Waals surface area contributed by atoms with Crippen molar-refractivity contribution in [3.8, 4) is 17.1 Å². The molecule has 2 aromatic carbocycles. The zero-order valence-corrected chi connectivity index (χ0v) is 15.6. The number of aromatic nitrogens is 2. The van der Waals surface area contributed by atoms with Crippen molar-refractivity contribution in [1.82, 2.24) is 15.5 Å². The largest absolute Gasteiger partial charge is 0.497 e. The first-order valence-corrected chi connectivity index (χ1v) is 8.93. The van der Waals surface area contributed by atoms with Crippen LogP contribution in [0.5, 0.6) is 5.75 Å². The normalized spacial score (nSPS) is 10.6. The van der Waals surface area contributed by atoms with Crippen LogP contribution in [0.15, 0.2) is 53.1 Å². The second kappa shape index (κ2) is 8.98. The second-order valence-electron chi connectivity index (χ2n) is 6.33. The van der Waals surface area contributed by atoms with Crippen LogP contribution in [-0.2, 0) is 17.6 Å². The van der Waals surface area contributed by atoms with Crippen LogP contribution < -0.4 is 10.1 Å². The van der Waals surface area contributed by atoms with Gasteiger partial charge in [0.25, 0.3) is 0 Å². The number of rotatable bonds is 8. The van der Waals surface area contributed by atoms with E-state index >= 15 is 0 Å². The Labute approximate surface area is 158 Å². The summed E-state index contributed by atoms with van der Waals surface area (Å²) in [6.45, 7) is 2.60. The molecule has 27 heavy (non-hydrogen) atoms. The summed E-state index contributed by atoms with van der Waals surface area (Å²) in [5, 5.41) is 6.91. The molecule has 0 aliphatic rings. The van der Waals surface area contributed by atoms with Crippen molar-refractivity contribution in [2.75, 3.05) is 13.7 Å². The minimum atomic E-state index is -0.0289. The lowest BCUT2D eigenvalue weighted by molar-refractivity contribution is -0.121. The molecule has 6 heteroatoms. The third kappa shape index (κ3) is 5.41. The number of amides is 1. The first-order chi connectivity index (χ1) is 13.1. The number of nitrogens with one attached hydrogen (secondary N) is 1. The van der Waals surface area contributed by atoms with E-state index < -0.39 is 0 Å². The van der Waals surface area contributed by atoms with Gasteiger partial charge in [0.1, 0.15) is 5.75 Å². The number of carbonyl (C=O) groups is 1. The molecular formula is C21H23N3O3. The fourth-order valence-electron chi connectivity index (χ4n) is 2.71. The van der Waals surface area contributed by atoms with Crippen LogP contribution in [0.25, 0.3) is 11.4 Å². The van der Waals surface area contributed by atoms with Crippen molar-refractivity contribution in [2.24, 2.45) is 0 Å². The molecule has 0 spiro atoms. The van der Waals surface area contributed by atoms with Crippen molar-refractivity contribution in [3.63, 3.8) is 0 Å². The highest BCUT2D eigenvalue weighted by molar-refractivity contribution is 5.76. The van der Waals surface area contributed by atoms with Gasteiger partial charge in [-0.1, -0.05) is 41.1 Å². The summed E-state index contributed by atoms with van der Waals surface area (Å²) in [4.78, 5) is 16.4. The van der Waals surface area contributed by atoms with Gasteiger partial charge in [-0.15, -0.1) is 0 Å². The number of nitrogens with zero attached hydrogens (tertiary/aromatic N) is 2. The number of hydrogen-bond donors (Lipinski definition) is 1. The molecule has 3 aromatic rings. The maximum Gasteiger partial charge on any atom is 0.227 e. The maximum absolute atomic E-state index is 12.0. The lowest BCUT2D eigenvalue weighted by Gasteiger charge is -2.05. The highest BCUT2D eigenvalue weighted by atomic mass is 16.5. The monoisotopic (exact) mass is 365 g/mol. The van der Waals surface area contributed by atoms with Gasteiger partial charge in [0.2, 0.25) is 17.6 Å². The van der Waals surface area contributed by atoms with Gasteiger partial charge < -0.3 is 14.6 Å². The smallest absolute Gasteiger partial charge is 0.227 e. The quantitative estimate of drug-likeness (QED) is 0.662. The molecule has 0 saturated carbocycles. The highest BCUT2D eigenvalue weighted by Crippen LogP contribution is 2.17. The molecule has 3 rings (SSSR count). The van der Waals surface area contributed by atoms with E-state index in [9.17, 15) is 4.79 Å². The molecule has 0 atom stereocenters. The van der Waals surface area contributed by atoms with Gasteiger partial charge in [0.15, 0.2) is 0 Å². The lowest BCUT2D eigenvalue weighted by atomic mass is 10.1. The van der Waals surface area contributed by atoms with Crippen LogP contribution in [0, 0.1) is 6.92 Å². The van der Waals surface area contributed by atoms with Crippen molar-refractivity contribution in [2.45, 2.75) is 26.2 Å². The van der Waals surface area contributed by atoms with Crippen molar-refractivity contribution in [1.29, 1.82) is 0 Å². The number of benzene rings is 2. The summed E-state index contributed by atoms with van der Waals surface area (Å²) >= 11 is 0. The number of ether oxygens (including phenoxy) is 1. The van der Waals surface area contributed by atoms with E-state index in [0.717, 1.165) is 28.9 Å². The van der Waals surface area contributed by atoms with Crippen LogP contribution in [0.2, 0.25) is 0 Å². The summed E-state index contributed by atoms with van der Waals surface area (Å²) in [5.74, 6) is 1.82. The van der Waals surface area contributed by atoms with Gasteiger partial charge in [-0.05, 0) is 37.1 Å². The molecule has 0 unspecified atom stereocenters. The Morgan fingerprint density at radius 3 is 2.70 bits per heavy atom. The minimum Gasteiger partial charge on any atom is -0.497 e. The lowest BCUT2D eigenvalue weighted by Crippen LogP contribution is -2.25. The average molecular weight is 365 g/mol. The minimum absolute atomic E-state index is 0.0289. The Morgan fingerprint density at radius 1 is 1.15 bits per heavy atom. The molecule has 0 aliphatic heterocycles. The summed E-state index contributed by atoms with van der Waals surface area (Å²) in [7, 11) is 1.64. The van der Waals surface area contributed by atoms with E-state index in [1.165, 1.54) is 0 Å². The predicted octanol–water partition coefficient (Wildman–Crippen LogP) is 3.35. The number of methoxy groups -OCH3 is 1. The van der Waals surface area contributed by atoms with Crippen LogP contribution in [0.3, 0.4) is 0 Å². The Hall–Kier alpha value is -3.15. The van der Waals surface area contributed by atoms with E-state index in [4.69, 9.17) is 9.26 Å². The topological polar surface area (TPSA) is 77.2 Å². The molecule has 0 radical (unpaired) electrons. The first kappa shape index (κ1) is 18.6. The van der Waals surface area contributed by atoms with E-state index in [1.807, 2.05) is 55.5 Å². The first-order valence-electron chi connectivity index (χ1n) is 8.93. The summed E-state index contributed by atoms with van der Waals surface area (Å²) in [5.41, 5.74) is 3.19. The number of aryl methyl sites for hydroxylation is 2. The molecule has 1 heterocycles. The van der Waals surface area contributed by atoms with Crippen molar-refractivity contribution >= 4 is 5.91 Å². The predicted molar refractivity (Wildman–Crippen MR) is 102 cm³/mol. The maximum atomic E-state index is 12.0. The van der Waals surface area contributed by atoms with Crippen LogP contribution in [0.1, 0.15) is 23.4 Å². The van der Waals surface area contributed by atoms with Crippen LogP contribution in [0.4, 0.5) is 0 Å². The second-order valence-corrected chi connectivity index (χ2v) is 6.33. The summed E-state index contributed by atoms with van der Waals surface area (Å²) < 4.78 is 10.4. The van der Waals surface area contributed by atoms with Crippen LogP contribution >= 0.6 is 0 Å². The Bertz CT molecular complexity index is 888. The summed E-state index contributed by atoms with van der Waals surface area (Å²) in [6, 6.07) is 15.7. The van der Waals surface area contributed by atoms with Gasteiger partial charge in [0.05, 0.1) is 7.11 Å². The summed E-state index contributed by atoms with van der Waals surface area (Å²) in [6.07, 6.45) is 1.51. The Morgan fingerprint density at radius 2 is 1.96 bits per heavy atom. The fourth-order valence-corrected chi connectivity index (χ4v) is 2.71. The standard InChI is InChI=1S/C21H23N3O3/c1-15-4-3-5-17(14-15)21-23-20(27-24-21)11-10-19(25)22-13-12-16-6-8-18(26-2)9-7-16/h3-9,14H,10-13H2,1-2H3,(H,22,25). The van der Waals surface area contributed by atoms with E-state index in [1.54, 1.807) is 7.11 Å². The average Bonchev–Trinajstić information content (AvgIpc) is 3.16. The van der Waals surface area contributed by atoms with Crippen molar-refractivity contribution in [3.05, 3.63) is 65.5 Å². The fraction of sp³-hybridized carbons (Fsp3) is 0.286. The Kier molecular flexibility index (Phi) is 6.20. The van der Waals surface area contributed by atoms with Gasteiger partial charge >= 0.3 is 0 Å². The van der Waals surface area contributed by atoms with E-state index in [2.05, 4.69) is 15.5 Å². The SMILES string of the molecule is COc1ccc(CCNC(=O)CCc2nc(-c3cccc(C)c3)no2)cc1. The van der Waals surface area contributed by atoms with Gasteiger partial charge in [-0.2, -0.15) is 4.98 Å².